The number of H-pyrrole nitrogens is 1. The molecule has 0 atom stereocenters. The zero-order valence-corrected chi connectivity index (χ0v) is 8.15. The molecule has 1 heterocycles. The van der Waals surface area contributed by atoms with Crippen molar-refractivity contribution < 1.29 is 22.3 Å². The Bertz CT molecular complexity index is 601. The molecule has 1 aromatic heterocycles. The maximum absolute atomic E-state index is 10.5. The summed E-state index contributed by atoms with van der Waals surface area (Å²) in [7, 11) is -4.55. The topological polar surface area (TPSA) is 99.6 Å². The van der Waals surface area contributed by atoms with Crippen LogP contribution in [0.15, 0.2) is 24.4 Å². The van der Waals surface area contributed by atoms with E-state index in [4.69, 9.17) is 4.55 Å². The predicted molar refractivity (Wildman–Crippen MR) is 52.1 cm³/mol. The second-order valence-corrected chi connectivity index (χ2v) is 3.89. The summed E-state index contributed by atoms with van der Waals surface area (Å²) in [5.74, 6) is -0.0962. The molecule has 0 unspecified atom stereocenters. The number of hydrogen-bond acceptors (Lipinski definition) is 4. The predicted octanol–water partition coefficient (Wildman–Crippen LogP) is 1.06. The number of fused-ring (bicyclic) bond motifs is 1. The van der Waals surface area contributed by atoms with Gasteiger partial charge in [0.05, 0.1) is 5.52 Å². The van der Waals surface area contributed by atoms with Crippen LogP contribution in [0.5, 0.6) is 11.5 Å². The molecule has 0 aliphatic heterocycles. The van der Waals surface area contributed by atoms with E-state index in [1.54, 1.807) is 6.07 Å². The van der Waals surface area contributed by atoms with Gasteiger partial charge < -0.3 is 14.3 Å². The lowest BCUT2D eigenvalue weighted by Crippen LogP contribution is -2.05. The Balaban J connectivity index is 2.60. The van der Waals surface area contributed by atoms with Crippen molar-refractivity contribution in [2.45, 2.75) is 0 Å². The number of benzene rings is 1. The molecule has 0 amide bonds. The highest BCUT2D eigenvalue weighted by Gasteiger charge is 2.13. The average Bonchev–Trinajstić information content (AvgIpc) is 2.48. The van der Waals surface area contributed by atoms with E-state index in [1.807, 2.05) is 0 Å². The highest BCUT2D eigenvalue weighted by Crippen LogP contribution is 2.31. The number of para-hydroxylation sites is 1. The monoisotopic (exact) mass is 229 g/mol. The molecule has 6 nitrogen and oxygen atoms in total. The van der Waals surface area contributed by atoms with Crippen molar-refractivity contribution in [2.24, 2.45) is 0 Å². The number of hydrogen-bond donors (Lipinski definition) is 3. The van der Waals surface area contributed by atoms with Gasteiger partial charge in [-0.3, -0.25) is 4.55 Å². The highest BCUT2D eigenvalue weighted by atomic mass is 32.3. The van der Waals surface area contributed by atoms with Gasteiger partial charge in [-0.25, -0.2) is 0 Å². The second-order valence-electron chi connectivity index (χ2n) is 2.86. The van der Waals surface area contributed by atoms with Crippen LogP contribution >= 0.6 is 0 Å². The zero-order chi connectivity index (χ0) is 11.1. The molecule has 0 spiro atoms. The molecular weight excluding hydrogens is 222 g/mol. The molecule has 0 radical (unpaired) electrons. The van der Waals surface area contributed by atoms with Crippen molar-refractivity contribution in [3.05, 3.63) is 24.4 Å². The normalized spacial score (nSPS) is 11.8. The average molecular weight is 229 g/mol. The Labute approximate surface area is 85.1 Å². The number of rotatable bonds is 2. The number of nitrogens with one attached hydrogen (secondary N) is 1. The Morgan fingerprint density at radius 2 is 2.07 bits per heavy atom. The first kappa shape index (κ1) is 9.81. The first-order valence-corrected chi connectivity index (χ1v) is 5.30. The van der Waals surface area contributed by atoms with E-state index in [-0.39, 0.29) is 11.5 Å². The largest absolute Gasteiger partial charge is 0.506 e. The maximum atomic E-state index is 10.5. The summed E-state index contributed by atoms with van der Waals surface area (Å²) in [6, 6.07) is 4.52. The molecule has 0 aliphatic rings. The van der Waals surface area contributed by atoms with Crippen LogP contribution in [0.2, 0.25) is 0 Å². The van der Waals surface area contributed by atoms with Crippen molar-refractivity contribution >= 4 is 21.3 Å². The van der Waals surface area contributed by atoms with E-state index in [0.29, 0.717) is 10.9 Å². The smallest absolute Gasteiger partial charge is 0.446 e. The zero-order valence-electron chi connectivity index (χ0n) is 7.34. The summed E-state index contributed by atoms with van der Waals surface area (Å²) in [4.78, 5) is 2.63. The SMILES string of the molecule is O=S(=O)(O)Oc1c[nH]c2c(O)cccc12. The lowest BCUT2D eigenvalue weighted by Gasteiger charge is -1.98. The van der Waals surface area contributed by atoms with Gasteiger partial charge in [0.25, 0.3) is 0 Å². The molecular formula is C8H7NO5S. The summed E-state index contributed by atoms with van der Waals surface area (Å²) in [5, 5.41) is 9.75. The number of aromatic amines is 1. The third-order valence-electron chi connectivity index (χ3n) is 1.85. The van der Waals surface area contributed by atoms with Crippen molar-refractivity contribution in [1.82, 2.24) is 4.98 Å². The van der Waals surface area contributed by atoms with Crippen LogP contribution in [0, 0.1) is 0 Å². The quantitative estimate of drug-likeness (QED) is 0.668. The Kier molecular flexibility index (Phi) is 2.06. The van der Waals surface area contributed by atoms with Gasteiger partial charge in [-0.1, -0.05) is 6.07 Å². The van der Waals surface area contributed by atoms with Gasteiger partial charge in [0.15, 0.2) is 5.75 Å². The summed E-state index contributed by atoms with van der Waals surface area (Å²) >= 11 is 0. The lowest BCUT2D eigenvalue weighted by molar-refractivity contribution is 0.388. The number of aromatic hydroxyl groups is 1. The van der Waals surface area contributed by atoms with Gasteiger partial charge in [0.1, 0.15) is 5.75 Å². The van der Waals surface area contributed by atoms with E-state index in [1.165, 1.54) is 18.3 Å². The number of aromatic nitrogens is 1. The first-order valence-electron chi connectivity index (χ1n) is 3.93. The molecule has 0 aliphatic carbocycles. The van der Waals surface area contributed by atoms with Gasteiger partial charge in [-0.05, 0) is 12.1 Å². The van der Waals surface area contributed by atoms with E-state index in [2.05, 4.69) is 9.17 Å². The van der Waals surface area contributed by atoms with Gasteiger partial charge in [0, 0.05) is 11.6 Å². The van der Waals surface area contributed by atoms with E-state index >= 15 is 0 Å². The second kappa shape index (κ2) is 3.14. The van der Waals surface area contributed by atoms with Gasteiger partial charge in [-0.2, -0.15) is 8.42 Å². The molecule has 2 aromatic rings. The minimum Gasteiger partial charge on any atom is -0.506 e. The minimum atomic E-state index is -4.55. The Morgan fingerprint density at radius 3 is 2.73 bits per heavy atom. The molecule has 7 heteroatoms. The third kappa shape index (κ3) is 1.88. The molecule has 15 heavy (non-hydrogen) atoms. The van der Waals surface area contributed by atoms with Crippen LogP contribution < -0.4 is 4.18 Å². The number of phenolic OH excluding ortho intramolecular Hbond substituents is 1. The fourth-order valence-electron chi connectivity index (χ4n) is 1.30. The van der Waals surface area contributed by atoms with E-state index in [9.17, 15) is 13.5 Å². The molecule has 0 fully saturated rings. The number of phenols is 1. The molecule has 80 valence electrons. The fourth-order valence-corrected chi connectivity index (χ4v) is 1.66. The van der Waals surface area contributed by atoms with Crippen LogP contribution in [0.1, 0.15) is 0 Å². The Morgan fingerprint density at radius 1 is 1.33 bits per heavy atom. The van der Waals surface area contributed by atoms with E-state index < -0.39 is 10.4 Å². The summed E-state index contributed by atoms with van der Waals surface area (Å²) in [5.41, 5.74) is 0.344. The van der Waals surface area contributed by atoms with Gasteiger partial charge >= 0.3 is 10.4 Å². The van der Waals surface area contributed by atoms with Crippen molar-refractivity contribution in [3.63, 3.8) is 0 Å². The van der Waals surface area contributed by atoms with Gasteiger partial charge in [-0.15, -0.1) is 0 Å². The van der Waals surface area contributed by atoms with Gasteiger partial charge in [0.2, 0.25) is 0 Å². The maximum Gasteiger partial charge on any atom is 0.446 e. The fraction of sp³-hybridized carbons (Fsp3) is 0. The summed E-state index contributed by atoms with van der Waals surface area (Å²) in [6.07, 6.45) is 1.23. The minimum absolute atomic E-state index is 0.0299. The van der Waals surface area contributed by atoms with Crippen molar-refractivity contribution in [3.8, 4) is 11.5 Å². The standard InChI is InChI=1S/C8H7NO5S/c10-6-3-1-2-5-7(4-9-8(5)6)14-15(11,12)13/h1-4,9-10H,(H,11,12,13). The molecule has 1 aromatic carbocycles. The molecule has 2 rings (SSSR count). The van der Waals surface area contributed by atoms with E-state index in [0.717, 1.165) is 0 Å². The molecule has 0 saturated carbocycles. The Hall–Kier alpha value is -1.73. The van der Waals surface area contributed by atoms with Crippen molar-refractivity contribution in [1.29, 1.82) is 0 Å². The van der Waals surface area contributed by atoms with Crippen LogP contribution in [-0.2, 0) is 10.4 Å². The third-order valence-corrected chi connectivity index (χ3v) is 2.24. The van der Waals surface area contributed by atoms with Crippen LogP contribution in [0.4, 0.5) is 0 Å². The van der Waals surface area contributed by atoms with Crippen LogP contribution in [-0.4, -0.2) is 23.1 Å². The van der Waals surface area contributed by atoms with Crippen molar-refractivity contribution in [2.75, 3.05) is 0 Å². The molecule has 0 bridgehead atoms. The van der Waals surface area contributed by atoms with Crippen LogP contribution in [0.3, 0.4) is 0 Å². The summed E-state index contributed by atoms with van der Waals surface area (Å²) < 4.78 is 33.8. The molecule has 3 N–H and O–H groups in total. The first-order chi connectivity index (χ1) is 6.97. The highest BCUT2D eigenvalue weighted by molar-refractivity contribution is 7.81. The molecule has 0 saturated heterocycles. The van der Waals surface area contributed by atoms with Crippen LogP contribution in [0.25, 0.3) is 10.9 Å². The summed E-state index contributed by atoms with van der Waals surface area (Å²) in [6.45, 7) is 0. The lowest BCUT2D eigenvalue weighted by atomic mass is 10.2.